The van der Waals surface area contributed by atoms with Gasteiger partial charge in [-0.05, 0) is 36.5 Å². The Balaban J connectivity index is 0.000000829. The van der Waals surface area contributed by atoms with E-state index in [-0.39, 0.29) is 0 Å². The van der Waals surface area contributed by atoms with Crippen molar-refractivity contribution in [1.82, 2.24) is 4.98 Å². The van der Waals surface area contributed by atoms with Crippen LogP contribution in [0.5, 0.6) is 5.88 Å². The first kappa shape index (κ1) is 18.4. The van der Waals surface area contributed by atoms with E-state index in [4.69, 9.17) is 4.74 Å². The summed E-state index contributed by atoms with van der Waals surface area (Å²) in [5, 5.41) is 0. The van der Waals surface area contributed by atoms with Crippen LogP contribution >= 0.6 is 0 Å². The van der Waals surface area contributed by atoms with Gasteiger partial charge in [0.2, 0.25) is 5.88 Å². The molecular formula is C18H29NO. The van der Waals surface area contributed by atoms with Gasteiger partial charge in [0, 0.05) is 12.3 Å². The Morgan fingerprint density at radius 3 is 2.30 bits per heavy atom. The molecule has 0 N–H and O–H groups in total. The Morgan fingerprint density at radius 1 is 1.15 bits per heavy atom. The number of hydrogen-bond donors (Lipinski definition) is 0. The largest absolute Gasteiger partial charge is 0.439 e. The average Bonchev–Trinajstić information content (AvgIpc) is 2.53. The molecule has 0 saturated heterocycles. The first-order valence-electron chi connectivity index (χ1n) is 7.73. The maximum atomic E-state index is 5.65. The molecule has 2 heteroatoms. The Kier molecular flexibility index (Phi) is 10.4. The normalized spacial score (nSPS) is 16.4. The highest BCUT2D eigenvalue weighted by atomic mass is 16.5. The monoisotopic (exact) mass is 275 g/mol. The van der Waals surface area contributed by atoms with E-state index < -0.39 is 0 Å². The fraction of sp³-hybridized carbons (Fsp3) is 0.500. The molecule has 0 aliphatic heterocycles. The summed E-state index contributed by atoms with van der Waals surface area (Å²) in [7, 11) is 0. The van der Waals surface area contributed by atoms with Gasteiger partial charge in [-0.1, -0.05) is 53.7 Å². The summed E-state index contributed by atoms with van der Waals surface area (Å²) in [6.45, 7) is 12.5. The smallest absolute Gasteiger partial charge is 0.219 e. The second-order valence-electron chi connectivity index (χ2n) is 4.38. The molecule has 0 saturated carbocycles. The third-order valence-corrected chi connectivity index (χ3v) is 2.82. The maximum Gasteiger partial charge on any atom is 0.219 e. The maximum absolute atomic E-state index is 5.65. The first-order chi connectivity index (χ1) is 9.75. The molecule has 1 aromatic heterocycles. The van der Waals surface area contributed by atoms with Crippen molar-refractivity contribution in [3.8, 4) is 5.88 Å². The summed E-state index contributed by atoms with van der Waals surface area (Å²) >= 11 is 0. The van der Waals surface area contributed by atoms with Gasteiger partial charge in [0.05, 0.1) is 0 Å². The summed E-state index contributed by atoms with van der Waals surface area (Å²) in [6, 6.07) is 5.67. The molecule has 2 rings (SSSR count). The van der Waals surface area contributed by atoms with Crippen molar-refractivity contribution in [1.29, 1.82) is 0 Å². The molecule has 112 valence electrons. The minimum absolute atomic E-state index is 0.635. The lowest BCUT2D eigenvalue weighted by molar-refractivity contribution is 0.402. The van der Waals surface area contributed by atoms with Gasteiger partial charge in [-0.15, -0.1) is 0 Å². The van der Waals surface area contributed by atoms with Crippen LogP contribution in [0.1, 0.15) is 48.0 Å². The van der Waals surface area contributed by atoms with Crippen molar-refractivity contribution >= 4 is 0 Å². The molecule has 1 aliphatic carbocycles. The van der Waals surface area contributed by atoms with Crippen LogP contribution in [0.3, 0.4) is 0 Å². The van der Waals surface area contributed by atoms with Crippen LogP contribution in [-0.2, 0) is 0 Å². The highest BCUT2D eigenvalue weighted by molar-refractivity contribution is 5.23. The summed E-state index contributed by atoms with van der Waals surface area (Å²) in [5.41, 5.74) is 0. The number of rotatable bonds is 3. The van der Waals surface area contributed by atoms with E-state index >= 15 is 0 Å². The average molecular weight is 275 g/mol. The van der Waals surface area contributed by atoms with Gasteiger partial charge in [0.25, 0.3) is 0 Å². The standard InChI is InChI=1S/C14H17NO.2C2H6/c1-11(2)12-6-8-13(9-7-12)16-14-5-3-4-10-15-14;2*1-2/h3-6,8-12H,7H2,1-2H3;2*1-2H3. The minimum atomic E-state index is 0.635. The van der Waals surface area contributed by atoms with Crippen LogP contribution in [0.25, 0.3) is 0 Å². The van der Waals surface area contributed by atoms with Crippen LogP contribution in [0.15, 0.2) is 48.4 Å². The molecule has 0 bridgehead atoms. The number of ether oxygens (including phenoxy) is 1. The molecule has 1 heterocycles. The Morgan fingerprint density at radius 2 is 1.85 bits per heavy atom. The first-order valence-corrected chi connectivity index (χ1v) is 7.73. The lowest BCUT2D eigenvalue weighted by atomic mass is 9.89. The quantitative estimate of drug-likeness (QED) is 0.713. The van der Waals surface area contributed by atoms with Gasteiger partial charge < -0.3 is 4.74 Å². The van der Waals surface area contributed by atoms with Crippen LogP contribution in [0.4, 0.5) is 0 Å². The fourth-order valence-electron chi connectivity index (χ4n) is 1.72. The predicted molar refractivity (Wildman–Crippen MR) is 87.7 cm³/mol. The minimum Gasteiger partial charge on any atom is -0.439 e. The van der Waals surface area contributed by atoms with Gasteiger partial charge in [-0.2, -0.15) is 0 Å². The summed E-state index contributed by atoms with van der Waals surface area (Å²) in [4.78, 5) is 4.13. The summed E-state index contributed by atoms with van der Waals surface area (Å²) < 4.78 is 5.65. The van der Waals surface area contributed by atoms with Gasteiger partial charge in [0.1, 0.15) is 5.76 Å². The fourth-order valence-corrected chi connectivity index (χ4v) is 1.72. The number of aromatic nitrogens is 1. The highest BCUT2D eigenvalue weighted by Gasteiger charge is 2.13. The Bertz CT molecular complexity index is 393. The third kappa shape index (κ3) is 6.55. The molecule has 20 heavy (non-hydrogen) atoms. The van der Waals surface area contributed by atoms with Gasteiger partial charge in [-0.25, -0.2) is 4.98 Å². The van der Waals surface area contributed by atoms with Crippen molar-refractivity contribution in [2.45, 2.75) is 48.0 Å². The van der Waals surface area contributed by atoms with E-state index in [0.29, 0.717) is 17.7 Å². The second-order valence-corrected chi connectivity index (χ2v) is 4.38. The van der Waals surface area contributed by atoms with Crippen molar-refractivity contribution < 1.29 is 4.74 Å². The van der Waals surface area contributed by atoms with Crippen LogP contribution in [-0.4, -0.2) is 4.98 Å². The van der Waals surface area contributed by atoms with Crippen molar-refractivity contribution in [3.05, 3.63) is 48.4 Å². The lowest BCUT2D eigenvalue weighted by Crippen LogP contribution is -2.09. The van der Waals surface area contributed by atoms with Crippen molar-refractivity contribution in [2.75, 3.05) is 0 Å². The van der Waals surface area contributed by atoms with Crippen LogP contribution in [0, 0.1) is 11.8 Å². The zero-order valence-electron chi connectivity index (χ0n) is 13.8. The molecule has 0 aromatic carbocycles. The van der Waals surface area contributed by atoms with E-state index in [1.54, 1.807) is 6.20 Å². The number of pyridine rings is 1. The van der Waals surface area contributed by atoms with E-state index in [1.807, 2.05) is 52.0 Å². The van der Waals surface area contributed by atoms with Crippen molar-refractivity contribution in [3.63, 3.8) is 0 Å². The third-order valence-electron chi connectivity index (χ3n) is 2.82. The topological polar surface area (TPSA) is 22.1 Å². The lowest BCUT2D eigenvalue weighted by Gasteiger charge is -2.19. The number of hydrogen-bond acceptors (Lipinski definition) is 2. The van der Waals surface area contributed by atoms with Crippen LogP contribution < -0.4 is 4.74 Å². The molecule has 1 aliphatic rings. The molecule has 1 atom stereocenters. The molecular weight excluding hydrogens is 246 g/mol. The highest BCUT2D eigenvalue weighted by Crippen LogP contribution is 2.24. The van der Waals surface area contributed by atoms with Crippen molar-refractivity contribution in [2.24, 2.45) is 11.8 Å². The van der Waals surface area contributed by atoms with E-state index in [9.17, 15) is 0 Å². The van der Waals surface area contributed by atoms with E-state index in [1.165, 1.54) is 0 Å². The summed E-state index contributed by atoms with van der Waals surface area (Å²) in [6.07, 6.45) is 9.20. The SMILES string of the molecule is CC.CC.CC(C)C1C=CC(Oc2ccccn2)=CC1. The molecule has 2 nitrogen and oxygen atoms in total. The summed E-state index contributed by atoms with van der Waals surface area (Å²) in [5.74, 6) is 2.87. The molecule has 1 aromatic rings. The van der Waals surface area contributed by atoms with Gasteiger partial charge >= 0.3 is 0 Å². The zero-order chi connectivity index (χ0) is 15.4. The number of nitrogens with zero attached hydrogens (tertiary/aromatic N) is 1. The number of allylic oxidation sites excluding steroid dienone is 3. The van der Waals surface area contributed by atoms with Gasteiger partial charge in [-0.3, -0.25) is 0 Å². The molecule has 0 fully saturated rings. The van der Waals surface area contributed by atoms with E-state index in [0.717, 1.165) is 12.2 Å². The second kappa shape index (κ2) is 11.3. The predicted octanol–water partition coefficient (Wildman–Crippen LogP) is 5.63. The Hall–Kier alpha value is -1.57. The van der Waals surface area contributed by atoms with E-state index in [2.05, 4.69) is 31.0 Å². The molecule has 0 amide bonds. The van der Waals surface area contributed by atoms with Crippen LogP contribution in [0.2, 0.25) is 0 Å². The Labute approximate surface area is 124 Å². The van der Waals surface area contributed by atoms with Gasteiger partial charge in [0.15, 0.2) is 0 Å². The molecule has 0 spiro atoms. The molecule has 1 unspecified atom stereocenters. The zero-order valence-corrected chi connectivity index (χ0v) is 13.8. The molecule has 0 radical (unpaired) electrons.